The zero-order valence-corrected chi connectivity index (χ0v) is 13.5. The average Bonchev–Trinajstić information content (AvgIpc) is 2.55. The van der Waals surface area contributed by atoms with Gasteiger partial charge in [-0.15, -0.1) is 0 Å². The van der Waals surface area contributed by atoms with E-state index in [1.54, 1.807) is 31.2 Å². The van der Waals surface area contributed by atoms with Gasteiger partial charge in [0, 0.05) is 17.1 Å². The maximum Gasteiger partial charge on any atom is 0.317 e. The van der Waals surface area contributed by atoms with Crippen molar-refractivity contribution in [1.82, 2.24) is 5.32 Å². The van der Waals surface area contributed by atoms with Crippen LogP contribution in [0.1, 0.15) is 25.3 Å². The summed E-state index contributed by atoms with van der Waals surface area (Å²) in [5.41, 5.74) is -1.06. The molecule has 3 N–H and O–H groups in total. The Labute approximate surface area is 139 Å². The van der Waals surface area contributed by atoms with E-state index in [1.165, 1.54) is 0 Å². The number of nitrogens with zero attached hydrogens (tertiary/aromatic N) is 2. The molecular formula is C15H20ClN3O4. The van der Waals surface area contributed by atoms with E-state index in [4.69, 9.17) is 16.7 Å². The van der Waals surface area contributed by atoms with E-state index in [9.17, 15) is 15.2 Å². The number of aliphatic hydroxyl groups is 2. The first-order valence-corrected chi connectivity index (χ1v) is 7.84. The van der Waals surface area contributed by atoms with E-state index in [2.05, 4.69) is 10.3 Å². The molecule has 0 aliphatic carbocycles. The van der Waals surface area contributed by atoms with Crippen LogP contribution < -0.4 is 5.32 Å². The van der Waals surface area contributed by atoms with Gasteiger partial charge in [-0.1, -0.05) is 36.7 Å². The van der Waals surface area contributed by atoms with Crippen LogP contribution in [0.5, 0.6) is 0 Å². The maximum absolute atomic E-state index is 11.9. The molecule has 0 saturated carbocycles. The Balaban J connectivity index is 2.63. The quantitative estimate of drug-likeness (QED) is 0.229. The predicted molar refractivity (Wildman–Crippen MR) is 87.9 cm³/mol. The molecule has 1 aromatic rings. The minimum absolute atomic E-state index is 0.0719. The van der Waals surface area contributed by atoms with Crippen LogP contribution in [-0.2, 0) is 5.00 Å². The first-order chi connectivity index (χ1) is 10.9. The normalized spacial score (nSPS) is 27.5. The molecular weight excluding hydrogens is 322 g/mol. The Kier molecular flexibility index (Phi) is 5.36. The zero-order valence-electron chi connectivity index (χ0n) is 12.8. The standard InChI is InChI=1S/C15H20ClN3O4/c1-2-13(21)14(19(22)23)10-17-12-7-4-3-6-11(12)15(14,16)18-8-5-9-20/h3-4,6-7,10,13,18,20-21H,2,5,8-9H2,1H3. The van der Waals surface area contributed by atoms with E-state index in [-0.39, 0.29) is 19.6 Å². The number of para-hydroxylation sites is 1. The topological polar surface area (TPSA) is 108 Å². The Morgan fingerprint density at radius 1 is 1.48 bits per heavy atom. The number of benzene rings is 1. The lowest BCUT2D eigenvalue weighted by atomic mass is 9.77. The Morgan fingerprint density at radius 3 is 2.78 bits per heavy atom. The fourth-order valence-electron chi connectivity index (χ4n) is 2.85. The van der Waals surface area contributed by atoms with Crippen LogP contribution >= 0.6 is 11.6 Å². The summed E-state index contributed by atoms with van der Waals surface area (Å²) >= 11 is 6.75. The Bertz CT molecular complexity index is 612. The molecule has 3 unspecified atom stereocenters. The average molecular weight is 342 g/mol. The number of rotatable bonds is 7. The summed E-state index contributed by atoms with van der Waals surface area (Å²) in [6.07, 6.45) is 0.325. The summed E-state index contributed by atoms with van der Waals surface area (Å²) < 4.78 is 0. The number of alkyl halides is 1. The van der Waals surface area contributed by atoms with Crippen LogP contribution in [0.3, 0.4) is 0 Å². The Morgan fingerprint density at radius 2 is 2.17 bits per heavy atom. The van der Waals surface area contributed by atoms with Crippen molar-refractivity contribution in [3.05, 3.63) is 39.9 Å². The zero-order chi connectivity index (χ0) is 17.1. The number of hydrogen-bond donors (Lipinski definition) is 3. The number of aliphatic hydroxyl groups excluding tert-OH is 2. The molecule has 1 heterocycles. The molecule has 3 atom stereocenters. The smallest absolute Gasteiger partial charge is 0.317 e. The molecule has 1 aliphatic rings. The van der Waals surface area contributed by atoms with E-state index in [1.807, 2.05) is 0 Å². The lowest BCUT2D eigenvalue weighted by molar-refractivity contribution is -0.569. The van der Waals surface area contributed by atoms with Crippen molar-refractivity contribution >= 4 is 23.5 Å². The summed E-state index contributed by atoms with van der Waals surface area (Å²) in [7, 11) is 0. The summed E-state index contributed by atoms with van der Waals surface area (Å²) in [5.74, 6) is 0. The van der Waals surface area contributed by atoms with Crippen molar-refractivity contribution < 1.29 is 15.1 Å². The summed E-state index contributed by atoms with van der Waals surface area (Å²) in [4.78, 5) is 13.8. The van der Waals surface area contributed by atoms with Crippen molar-refractivity contribution in [3.8, 4) is 0 Å². The van der Waals surface area contributed by atoms with Crippen LogP contribution in [0.2, 0.25) is 0 Å². The van der Waals surface area contributed by atoms with Gasteiger partial charge in [-0.05, 0) is 25.5 Å². The van der Waals surface area contributed by atoms with Gasteiger partial charge in [-0.25, -0.2) is 0 Å². The van der Waals surface area contributed by atoms with E-state index in [0.29, 0.717) is 17.7 Å². The van der Waals surface area contributed by atoms with Crippen LogP contribution in [0.25, 0.3) is 0 Å². The summed E-state index contributed by atoms with van der Waals surface area (Å²) in [5, 5.41) is 34.3. The highest BCUT2D eigenvalue weighted by molar-refractivity contribution is 6.27. The lowest BCUT2D eigenvalue weighted by Gasteiger charge is -2.43. The van der Waals surface area contributed by atoms with Gasteiger partial charge in [0.05, 0.1) is 11.9 Å². The van der Waals surface area contributed by atoms with Crippen LogP contribution in [-0.4, -0.2) is 46.1 Å². The molecule has 8 heteroatoms. The third-order valence-electron chi connectivity index (χ3n) is 4.13. The second-order valence-corrected chi connectivity index (χ2v) is 6.01. The molecule has 0 radical (unpaired) electrons. The fraction of sp³-hybridized carbons (Fsp3) is 0.533. The number of nitro groups is 1. The van der Waals surface area contributed by atoms with Gasteiger partial charge in [-0.3, -0.25) is 20.4 Å². The molecule has 23 heavy (non-hydrogen) atoms. The fourth-order valence-corrected chi connectivity index (χ4v) is 3.35. The molecule has 0 aromatic heterocycles. The molecule has 126 valence electrons. The minimum atomic E-state index is -2.01. The number of nitrogens with one attached hydrogen (secondary N) is 1. The molecule has 0 amide bonds. The second kappa shape index (κ2) is 6.92. The van der Waals surface area contributed by atoms with Crippen LogP contribution in [0, 0.1) is 10.1 Å². The molecule has 1 aromatic carbocycles. The highest BCUT2D eigenvalue weighted by Crippen LogP contribution is 2.48. The van der Waals surface area contributed by atoms with Crippen molar-refractivity contribution in [2.75, 3.05) is 13.2 Å². The highest BCUT2D eigenvalue weighted by Gasteiger charge is 2.67. The molecule has 0 fully saturated rings. The van der Waals surface area contributed by atoms with Crippen molar-refractivity contribution in [2.45, 2.75) is 36.4 Å². The number of fused-ring (bicyclic) bond motifs is 1. The molecule has 0 saturated heterocycles. The first-order valence-electron chi connectivity index (χ1n) is 7.46. The van der Waals surface area contributed by atoms with Gasteiger partial charge in [0.15, 0.2) is 0 Å². The van der Waals surface area contributed by atoms with E-state index >= 15 is 0 Å². The van der Waals surface area contributed by atoms with E-state index < -0.39 is 21.6 Å². The molecule has 1 aliphatic heterocycles. The third-order valence-corrected chi connectivity index (χ3v) is 4.77. The number of halogens is 1. The van der Waals surface area contributed by atoms with Gasteiger partial charge in [-0.2, -0.15) is 0 Å². The largest absolute Gasteiger partial charge is 0.396 e. The third kappa shape index (κ3) is 2.74. The van der Waals surface area contributed by atoms with Crippen LogP contribution in [0.4, 0.5) is 5.69 Å². The lowest BCUT2D eigenvalue weighted by Crippen LogP contribution is -2.68. The van der Waals surface area contributed by atoms with Crippen molar-refractivity contribution in [1.29, 1.82) is 0 Å². The van der Waals surface area contributed by atoms with Crippen molar-refractivity contribution in [2.24, 2.45) is 4.99 Å². The van der Waals surface area contributed by atoms with Gasteiger partial charge in [0.25, 0.3) is 0 Å². The molecule has 7 nitrogen and oxygen atoms in total. The monoisotopic (exact) mass is 341 g/mol. The summed E-state index contributed by atoms with van der Waals surface area (Å²) in [6.45, 7) is 1.83. The molecule has 0 spiro atoms. The first kappa shape index (κ1) is 17.8. The maximum atomic E-state index is 11.9. The van der Waals surface area contributed by atoms with Gasteiger partial charge in [0.1, 0.15) is 6.10 Å². The molecule has 2 rings (SSSR count). The van der Waals surface area contributed by atoms with Crippen molar-refractivity contribution in [3.63, 3.8) is 0 Å². The van der Waals surface area contributed by atoms with Gasteiger partial charge in [0.2, 0.25) is 5.00 Å². The Hall–Kier alpha value is -1.54. The number of aliphatic imine (C=N–C) groups is 1. The minimum Gasteiger partial charge on any atom is -0.396 e. The summed E-state index contributed by atoms with van der Waals surface area (Å²) in [6, 6.07) is 6.84. The van der Waals surface area contributed by atoms with Gasteiger partial charge < -0.3 is 10.2 Å². The van der Waals surface area contributed by atoms with Gasteiger partial charge >= 0.3 is 5.54 Å². The second-order valence-electron chi connectivity index (χ2n) is 5.44. The highest BCUT2D eigenvalue weighted by atomic mass is 35.5. The number of hydrogen-bond acceptors (Lipinski definition) is 6. The van der Waals surface area contributed by atoms with Crippen LogP contribution in [0.15, 0.2) is 29.3 Å². The SMILES string of the molecule is CCC(O)C1([N+](=O)[O-])C=Nc2ccccc2C1(Cl)NCCCO. The molecule has 0 bridgehead atoms. The predicted octanol–water partition coefficient (Wildman–Crippen LogP) is 1.55. The van der Waals surface area contributed by atoms with E-state index in [0.717, 1.165) is 6.21 Å².